The predicted octanol–water partition coefficient (Wildman–Crippen LogP) is 3.44. The first-order chi connectivity index (χ1) is 11.2. The zero-order valence-electron chi connectivity index (χ0n) is 13.4. The van der Waals surface area contributed by atoms with E-state index in [1.165, 1.54) is 19.3 Å². The Morgan fingerprint density at radius 2 is 2.17 bits per heavy atom. The summed E-state index contributed by atoms with van der Waals surface area (Å²) in [6.07, 6.45) is 9.36. The minimum atomic E-state index is 0.327. The molecule has 0 saturated heterocycles. The summed E-state index contributed by atoms with van der Waals surface area (Å²) in [5.74, 6) is 1.46. The van der Waals surface area contributed by atoms with Crippen molar-refractivity contribution >= 4 is 28.5 Å². The molecule has 23 heavy (non-hydrogen) atoms. The van der Waals surface area contributed by atoms with Gasteiger partial charge in [-0.1, -0.05) is 0 Å². The van der Waals surface area contributed by atoms with E-state index in [1.54, 1.807) is 6.20 Å². The number of rotatable bonds is 5. The lowest BCUT2D eigenvalue weighted by Gasteiger charge is -2.27. The van der Waals surface area contributed by atoms with Crippen LogP contribution in [-0.4, -0.2) is 30.8 Å². The summed E-state index contributed by atoms with van der Waals surface area (Å²) in [4.78, 5) is 12.4. The van der Waals surface area contributed by atoms with Gasteiger partial charge in [-0.2, -0.15) is 15.1 Å². The van der Waals surface area contributed by atoms with Crippen molar-refractivity contribution in [2.45, 2.75) is 45.2 Å². The molecule has 4 rings (SSSR count). The molecule has 0 atom stereocenters. The molecule has 1 aliphatic carbocycles. The largest absolute Gasteiger partial charge is 0.367 e. The normalized spacial score (nSPS) is 15.1. The number of nitrogens with zero attached hydrogens (tertiary/aromatic N) is 4. The van der Waals surface area contributed by atoms with E-state index < -0.39 is 0 Å². The van der Waals surface area contributed by atoms with Gasteiger partial charge in [0, 0.05) is 24.5 Å². The Bertz CT molecular complexity index is 813. The minimum Gasteiger partial charge on any atom is -0.367 e. The molecule has 0 radical (unpaired) electrons. The highest BCUT2D eigenvalue weighted by atomic mass is 15.3. The quantitative estimate of drug-likeness (QED) is 0.672. The predicted molar refractivity (Wildman–Crippen MR) is 91.0 cm³/mol. The maximum atomic E-state index is 4.65. The molecule has 0 spiro atoms. The molecule has 0 bridgehead atoms. The molecule has 0 aliphatic heterocycles. The van der Waals surface area contributed by atoms with Crippen LogP contribution in [0.25, 0.3) is 11.0 Å². The standard InChI is InChI=1S/C16H21N7/c1-10(2)23-9-12(8-18-23)20-16-21-14-13(6-7-17-14)15(22-16)19-11-4-3-5-11/h6-11H,3-5H2,1-2H3,(H3,17,19,20,21,22). The molecule has 3 aromatic rings. The highest BCUT2D eigenvalue weighted by Crippen LogP contribution is 2.28. The summed E-state index contributed by atoms with van der Waals surface area (Å²) >= 11 is 0. The van der Waals surface area contributed by atoms with Gasteiger partial charge in [-0.15, -0.1) is 0 Å². The van der Waals surface area contributed by atoms with E-state index in [9.17, 15) is 0 Å². The summed E-state index contributed by atoms with van der Waals surface area (Å²) in [6, 6.07) is 2.87. The summed E-state index contributed by atoms with van der Waals surface area (Å²) in [6.45, 7) is 4.19. The zero-order valence-corrected chi connectivity index (χ0v) is 13.4. The molecule has 3 heterocycles. The molecule has 3 aromatic heterocycles. The van der Waals surface area contributed by atoms with E-state index in [-0.39, 0.29) is 0 Å². The molecule has 1 saturated carbocycles. The second kappa shape index (κ2) is 5.57. The first-order valence-corrected chi connectivity index (χ1v) is 8.12. The Kier molecular flexibility index (Phi) is 3.40. The van der Waals surface area contributed by atoms with E-state index in [0.29, 0.717) is 18.0 Å². The average molecular weight is 311 g/mol. The van der Waals surface area contributed by atoms with Crippen LogP contribution in [0.15, 0.2) is 24.7 Å². The third kappa shape index (κ3) is 2.74. The van der Waals surface area contributed by atoms with Crippen LogP contribution in [-0.2, 0) is 0 Å². The average Bonchev–Trinajstić information content (AvgIpc) is 3.11. The number of aromatic amines is 1. The zero-order chi connectivity index (χ0) is 15.8. The van der Waals surface area contributed by atoms with Gasteiger partial charge >= 0.3 is 0 Å². The maximum Gasteiger partial charge on any atom is 0.231 e. The third-order valence-electron chi connectivity index (χ3n) is 4.25. The van der Waals surface area contributed by atoms with Gasteiger partial charge in [0.25, 0.3) is 0 Å². The van der Waals surface area contributed by atoms with Crippen LogP contribution in [0, 0.1) is 0 Å². The van der Waals surface area contributed by atoms with Gasteiger partial charge in [-0.25, -0.2) is 0 Å². The first kappa shape index (κ1) is 14.0. The van der Waals surface area contributed by atoms with Crippen molar-refractivity contribution in [1.29, 1.82) is 0 Å². The molecular weight excluding hydrogens is 290 g/mol. The Morgan fingerprint density at radius 1 is 1.30 bits per heavy atom. The summed E-state index contributed by atoms with van der Waals surface area (Å²) in [5, 5.41) is 12.1. The van der Waals surface area contributed by atoms with Crippen LogP contribution in [0.1, 0.15) is 39.2 Å². The van der Waals surface area contributed by atoms with Crippen molar-refractivity contribution in [2.24, 2.45) is 0 Å². The highest BCUT2D eigenvalue weighted by molar-refractivity contribution is 5.88. The second-order valence-corrected chi connectivity index (χ2v) is 6.34. The fraction of sp³-hybridized carbons (Fsp3) is 0.438. The molecule has 120 valence electrons. The van der Waals surface area contributed by atoms with Crippen molar-refractivity contribution < 1.29 is 0 Å². The van der Waals surface area contributed by atoms with Crippen LogP contribution < -0.4 is 10.6 Å². The van der Waals surface area contributed by atoms with Gasteiger partial charge in [0.1, 0.15) is 11.5 Å². The monoisotopic (exact) mass is 311 g/mol. The molecule has 0 amide bonds. The smallest absolute Gasteiger partial charge is 0.231 e. The third-order valence-corrected chi connectivity index (χ3v) is 4.25. The number of hydrogen-bond acceptors (Lipinski definition) is 5. The molecule has 7 heteroatoms. The van der Waals surface area contributed by atoms with Crippen molar-refractivity contribution in [1.82, 2.24) is 24.7 Å². The van der Waals surface area contributed by atoms with Crippen molar-refractivity contribution in [3.8, 4) is 0 Å². The lowest BCUT2D eigenvalue weighted by atomic mass is 9.93. The number of nitrogens with one attached hydrogen (secondary N) is 3. The van der Waals surface area contributed by atoms with Crippen LogP contribution >= 0.6 is 0 Å². The fourth-order valence-corrected chi connectivity index (χ4v) is 2.67. The van der Waals surface area contributed by atoms with E-state index in [1.807, 2.05) is 23.1 Å². The Hall–Kier alpha value is -2.57. The number of anilines is 3. The molecule has 0 aromatic carbocycles. The second-order valence-electron chi connectivity index (χ2n) is 6.34. The molecule has 0 unspecified atom stereocenters. The Labute approximate surface area is 134 Å². The van der Waals surface area contributed by atoms with E-state index in [2.05, 4.69) is 44.5 Å². The van der Waals surface area contributed by atoms with E-state index >= 15 is 0 Å². The molecule has 1 aliphatic rings. The van der Waals surface area contributed by atoms with Crippen LogP contribution in [0.2, 0.25) is 0 Å². The van der Waals surface area contributed by atoms with Crippen molar-refractivity contribution in [3.63, 3.8) is 0 Å². The van der Waals surface area contributed by atoms with Crippen LogP contribution in [0.3, 0.4) is 0 Å². The molecule has 7 nitrogen and oxygen atoms in total. The van der Waals surface area contributed by atoms with Crippen LogP contribution in [0.4, 0.5) is 17.5 Å². The number of hydrogen-bond donors (Lipinski definition) is 3. The summed E-state index contributed by atoms with van der Waals surface area (Å²) in [7, 11) is 0. The van der Waals surface area contributed by atoms with Crippen molar-refractivity contribution in [2.75, 3.05) is 10.6 Å². The highest BCUT2D eigenvalue weighted by Gasteiger charge is 2.19. The lowest BCUT2D eigenvalue weighted by molar-refractivity contribution is 0.445. The molecular formula is C16H21N7. The topological polar surface area (TPSA) is 83.5 Å². The molecule has 1 fully saturated rings. The van der Waals surface area contributed by atoms with Gasteiger partial charge in [0.2, 0.25) is 5.95 Å². The van der Waals surface area contributed by atoms with Gasteiger partial charge in [-0.3, -0.25) is 4.68 Å². The van der Waals surface area contributed by atoms with E-state index in [0.717, 1.165) is 22.5 Å². The van der Waals surface area contributed by atoms with Crippen LogP contribution in [0.5, 0.6) is 0 Å². The molecule has 3 N–H and O–H groups in total. The van der Waals surface area contributed by atoms with Gasteiger partial charge in [0.05, 0.1) is 17.3 Å². The maximum absolute atomic E-state index is 4.65. The number of aromatic nitrogens is 5. The number of H-pyrrole nitrogens is 1. The Morgan fingerprint density at radius 3 is 2.87 bits per heavy atom. The van der Waals surface area contributed by atoms with E-state index in [4.69, 9.17) is 0 Å². The summed E-state index contributed by atoms with van der Waals surface area (Å²) in [5.41, 5.74) is 1.72. The van der Waals surface area contributed by atoms with Crippen molar-refractivity contribution in [3.05, 3.63) is 24.7 Å². The first-order valence-electron chi connectivity index (χ1n) is 8.12. The lowest BCUT2D eigenvalue weighted by Crippen LogP contribution is -2.27. The number of fused-ring (bicyclic) bond motifs is 1. The fourth-order valence-electron chi connectivity index (χ4n) is 2.67. The summed E-state index contributed by atoms with van der Waals surface area (Å²) < 4.78 is 1.91. The minimum absolute atomic E-state index is 0.327. The van der Waals surface area contributed by atoms with Gasteiger partial charge in [-0.05, 0) is 39.2 Å². The van der Waals surface area contributed by atoms with Gasteiger partial charge < -0.3 is 15.6 Å². The Balaban J connectivity index is 1.63. The SMILES string of the molecule is CC(C)n1cc(Nc2nc(NC3CCC3)c3cc[nH]c3n2)cn1. The van der Waals surface area contributed by atoms with Gasteiger partial charge in [0.15, 0.2) is 0 Å².